The molecule has 3 rings (SSSR count). The number of ether oxygens (including phenoxy) is 3. The lowest BCUT2D eigenvalue weighted by Gasteiger charge is -2.13. The van der Waals surface area contributed by atoms with Crippen LogP contribution in [0.3, 0.4) is 0 Å². The SMILES string of the molecule is COc1ccccc1CCNCc1ccc(OCCc2ccccc2)c(OC)c1.Cl. The Hall–Kier alpha value is -2.69. The molecule has 0 spiro atoms. The Labute approximate surface area is 185 Å². The van der Waals surface area contributed by atoms with Crippen molar-refractivity contribution in [1.29, 1.82) is 0 Å². The van der Waals surface area contributed by atoms with Gasteiger partial charge in [0.2, 0.25) is 0 Å². The van der Waals surface area contributed by atoms with E-state index in [1.54, 1.807) is 14.2 Å². The van der Waals surface area contributed by atoms with Gasteiger partial charge >= 0.3 is 0 Å². The molecule has 0 amide bonds. The first-order valence-corrected chi connectivity index (χ1v) is 9.96. The van der Waals surface area contributed by atoms with Gasteiger partial charge in [0.25, 0.3) is 0 Å². The average Bonchev–Trinajstić information content (AvgIpc) is 2.78. The van der Waals surface area contributed by atoms with Crippen molar-refractivity contribution in [2.45, 2.75) is 19.4 Å². The van der Waals surface area contributed by atoms with E-state index >= 15 is 0 Å². The first-order valence-electron chi connectivity index (χ1n) is 9.96. The highest BCUT2D eigenvalue weighted by Gasteiger charge is 2.07. The standard InChI is InChI=1S/C25H29NO3.ClH/c1-27-23-11-7-6-10-22(23)14-16-26-19-21-12-13-24(25(18-21)28-2)29-17-15-20-8-4-3-5-9-20;/h3-13,18,26H,14-17,19H2,1-2H3;1H. The van der Waals surface area contributed by atoms with Gasteiger partial charge < -0.3 is 19.5 Å². The third-order valence-corrected chi connectivity index (χ3v) is 4.81. The minimum Gasteiger partial charge on any atom is -0.496 e. The summed E-state index contributed by atoms with van der Waals surface area (Å²) in [5.74, 6) is 2.48. The molecule has 0 aliphatic rings. The van der Waals surface area contributed by atoms with E-state index < -0.39 is 0 Å². The molecular weight excluding hydrogens is 398 g/mol. The summed E-state index contributed by atoms with van der Waals surface area (Å²) in [5.41, 5.74) is 3.64. The Morgan fingerprint density at radius 3 is 2.20 bits per heavy atom. The first-order chi connectivity index (χ1) is 14.3. The number of methoxy groups -OCH3 is 2. The average molecular weight is 428 g/mol. The minimum absolute atomic E-state index is 0. The summed E-state index contributed by atoms with van der Waals surface area (Å²) < 4.78 is 16.9. The Kier molecular flexibility index (Phi) is 10.1. The number of nitrogens with one attached hydrogen (secondary N) is 1. The molecule has 0 bridgehead atoms. The molecule has 4 nitrogen and oxygen atoms in total. The molecule has 0 aliphatic heterocycles. The van der Waals surface area contributed by atoms with Gasteiger partial charge in [0.1, 0.15) is 5.75 Å². The van der Waals surface area contributed by atoms with Crippen molar-refractivity contribution in [3.8, 4) is 17.2 Å². The number of para-hydroxylation sites is 1. The number of halogens is 1. The molecule has 160 valence electrons. The molecule has 30 heavy (non-hydrogen) atoms. The van der Waals surface area contributed by atoms with E-state index in [4.69, 9.17) is 14.2 Å². The summed E-state index contributed by atoms with van der Waals surface area (Å²) in [6.45, 7) is 2.27. The fourth-order valence-corrected chi connectivity index (χ4v) is 3.23. The normalized spacial score (nSPS) is 10.2. The van der Waals surface area contributed by atoms with Gasteiger partial charge in [0.15, 0.2) is 11.5 Å². The molecule has 0 aliphatic carbocycles. The fraction of sp³-hybridized carbons (Fsp3) is 0.280. The van der Waals surface area contributed by atoms with E-state index in [2.05, 4.69) is 29.6 Å². The second-order valence-electron chi connectivity index (χ2n) is 6.81. The molecular formula is C25H30ClNO3. The van der Waals surface area contributed by atoms with Crippen LogP contribution in [0.25, 0.3) is 0 Å². The second-order valence-corrected chi connectivity index (χ2v) is 6.81. The molecule has 0 radical (unpaired) electrons. The topological polar surface area (TPSA) is 39.7 Å². The first kappa shape index (κ1) is 23.6. The molecule has 3 aromatic carbocycles. The largest absolute Gasteiger partial charge is 0.496 e. The molecule has 0 saturated carbocycles. The summed E-state index contributed by atoms with van der Waals surface area (Å²) in [6, 6.07) is 24.6. The van der Waals surface area contributed by atoms with Crippen molar-refractivity contribution >= 4 is 12.4 Å². The van der Waals surface area contributed by atoms with E-state index in [0.29, 0.717) is 6.61 Å². The highest BCUT2D eigenvalue weighted by Crippen LogP contribution is 2.28. The minimum atomic E-state index is 0. The third kappa shape index (κ3) is 6.97. The maximum Gasteiger partial charge on any atom is 0.161 e. The predicted molar refractivity (Wildman–Crippen MR) is 124 cm³/mol. The lowest BCUT2D eigenvalue weighted by atomic mass is 10.1. The van der Waals surface area contributed by atoms with E-state index in [9.17, 15) is 0 Å². The van der Waals surface area contributed by atoms with Crippen LogP contribution in [0.4, 0.5) is 0 Å². The zero-order chi connectivity index (χ0) is 20.3. The Bertz CT molecular complexity index is 887. The smallest absolute Gasteiger partial charge is 0.161 e. The maximum atomic E-state index is 5.94. The van der Waals surface area contributed by atoms with Gasteiger partial charge in [-0.05, 0) is 47.9 Å². The summed E-state index contributed by atoms with van der Waals surface area (Å²) in [7, 11) is 3.39. The quantitative estimate of drug-likeness (QED) is 0.433. The van der Waals surface area contributed by atoms with Crippen molar-refractivity contribution in [3.63, 3.8) is 0 Å². The van der Waals surface area contributed by atoms with Crippen LogP contribution in [0.5, 0.6) is 17.2 Å². The van der Waals surface area contributed by atoms with Crippen LogP contribution in [0.15, 0.2) is 72.8 Å². The summed E-state index contributed by atoms with van der Waals surface area (Å²) in [5, 5.41) is 3.48. The van der Waals surface area contributed by atoms with Crippen molar-refractivity contribution in [1.82, 2.24) is 5.32 Å². The zero-order valence-electron chi connectivity index (χ0n) is 17.6. The molecule has 0 unspecified atom stereocenters. The predicted octanol–water partition coefficient (Wildman–Crippen LogP) is 5.08. The van der Waals surface area contributed by atoms with Crippen LogP contribution < -0.4 is 19.5 Å². The van der Waals surface area contributed by atoms with E-state index in [0.717, 1.165) is 48.7 Å². The van der Waals surface area contributed by atoms with Crippen LogP contribution >= 0.6 is 12.4 Å². The Morgan fingerprint density at radius 1 is 0.700 bits per heavy atom. The molecule has 1 N–H and O–H groups in total. The van der Waals surface area contributed by atoms with Crippen LogP contribution in [0.1, 0.15) is 16.7 Å². The van der Waals surface area contributed by atoms with Crippen LogP contribution in [-0.4, -0.2) is 27.4 Å². The molecule has 0 atom stereocenters. The number of rotatable bonds is 11. The van der Waals surface area contributed by atoms with Crippen LogP contribution in [-0.2, 0) is 19.4 Å². The lowest BCUT2D eigenvalue weighted by molar-refractivity contribution is 0.297. The lowest BCUT2D eigenvalue weighted by Crippen LogP contribution is -2.17. The van der Waals surface area contributed by atoms with Gasteiger partial charge in [0.05, 0.1) is 20.8 Å². The molecule has 0 fully saturated rings. The Morgan fingerprint density at radius 2 is 1.43 bits per heavy atom. The van der Waals surface area contributed by atoms with E-state index in [1.807, 2.05) is 48.5 Å². The highest BCUT2D eigenvalue weighted by atomic mass is 35.5. The van der Waals surface area contributed by atoms with E-state index in [-0.39, 0.29) is 12.4 Å². The van der Waals surface area contributed by atoms with Gasteiger partial charge in [-0.25, -0.2) is 0 Å². The van der Waals surface area contributed by atoms with Crippen molar-refractivity contribution in [2.75, 3.05) is 27.4 Å². The summed E-state index contributed by atoms with van der Waals surface area (Å²) >= 11 is 0. The van der Waals surface area contributed by atoms with Gasteiger partial charge in [-0.15, -0.1) is 12.4 Å². The number of benzene rings is 3. The van der Waals surface area contributed by atoms with Crippen molar-refractivity contribution in [2.24, 2.45) is 0 Å². The highest BCUT2D eigenvalue weighted by molar-refractivity contribution is 5.85. The maximum absolute atomic E-state index is 5.94. The summed E-state index contributed by atoms with van der Waals surface area (Å²) in [4.78, 5) is 0. The van der Waals surface area contributed by atoms with Crippen LogP contribution in [0.2, 0.25) is 0 Å². The monoisotopic (exact) mass is 427 g/mol. The number of hydrogen-bond acceptors (Lipinski definition) is 4. The Balaban J connectivity index is 0.00000320. The van der Waals surface area contributed by atoms with Gasteiger partial charge in [-0.1, -0.05) is 54.6 Å². The number of hydrogen-bond donors (Lipinski definition) is 1. The molecule has 0 aromatic heterocycles. The summed E-state index contributed by atoms with van der Waals surface area (Å²) in [6.07, 6.45) is 1.79. The van der Waals surface area contributed by atoms with Gasteiger partial charge in [-0.2, -0.15) is 0 Å². The fourth-order valence-electron chi connectivity index (χ4n) is 3.23. The molecule has 3 aromatic rings. The zero-order valence-corrected chi connectivity index (χ0v) is 18.4. The third-order valence-electron chi connectivity index (χ3n) is 4.81. The van der Waals surface area contributed by atoms with Crippen LogP contribution in [0, 0.1) is 0 Å². The van der Waals surface area contributed by atoms with Crippen molar-refractivity contribution in [3.05, 3.63) is 89.5 Å². The molecule has 0 heterocycles. The van der Waals surface area contributed by atoms with E-state index in [1.165, 1.54) is 11.1 Å². The van der Waals surface area contributed by atoms with Gasteiger partial charge in [0, 0.05) is 13.0 Å². The molecule has 0 saturated heterocycles. The molecule has 5 heteroatoms. The van der Waals surface area contributed by atoms with Crippen molar-refractivity contribution < 1.29 is 14.2 Å². The second kappa shape index (κ2) is 12.8. The van der Waals surface area contributed by atoms with Gasteiger partial charge in [-0.3, -0.25) is 0 Å².